The molecule has 22 heavy (non-hydrogen) atoms. The Morgan fingerprint density at radius 2 is 1.82 bits per heavy atom. The molecule has 0 bridgehead atoms. The summed E-state index contributed by atoms with van der Waals surface area (Å²) in [6.07, 6.45) is 1.54. The molecule has 0 radical (unpaired) electrons. The summed E-state index contributed by atoms with van der Waals surface area (Å²) < 4.78 is 58.1. The van der Waals surface area contributed by atoms with Crippen LogP contribution < -0.4 is 0 Å². The van der Waals surface area contributed by atoms with Crippen LogP contribution in [-0.4, -0.2) is 6.11 Å². The van der Waals surface area contributed by atoms with Gasteiger partial charge >= 0.3 is 6.11 Å². The molecule has 0 N–H and O–H groups in total. The van der Waals surface area contributed by atoms with E-state index in [2.05, 4.69) is 11.3 Å². The zero-order valence-corrected chi connectivity index (χ0v) is 12.3. The number of allylic oxidation sites excluding steroid dienone is 1. The van der Waals surface area contributed by atoms with Crippen molar-refractivity contribution in [1.82, 2.24) is 0 Å². The van der Waals surface area contributed by atoms with Crippen molar-refractivity contribution in [3.05, 3.63) is 48.1 Å². The zero-order chi connectivity index (χ0) is 16.2. The largest absolute Gasteiger partial charge is 0.356 e. The molecule has 0 aliphatic heterocycles. The molecule has 1 aromatic rings. The fourth-order valence-corrected chi connectivity index (χ4v) is 2.84. The lowest BCUT2D eigenvalue weighted by Crippen LogP contribution is -2.26. The topological polar surface area (TPSA) is 9.23 Å². The van der Waals surface area contributed by atoms with E-state index in [-0.39, 0.29) is 17.9 Å². The van der Waals surface area contributed by atoms with Gasteiger partial charge in [-0.2, -0.15) is 8.78 Å². The number of rotatable bonds is 6. The van der Waals surface area contributed by atoms with E-state index in [0.29, 0.717) is 5.92 Å². The van der Waals surface area contributed by atoms with Crippen LogP contribution >= 0.6 is 0 Å². The molecule has 122 valence electrons. The van der Waals surface area contributed by atoms with E-state index in [4.69, 9.17) is 0 Å². The fraction of sp³-hybridized carbons (Fsp3) is 0.529. The Labute approximate surface area is 128 Å². The Morgan fingerprint density at radius 1 is 1.14 bits per heavy atom. The highest BCUT2D eigenvalue weighted by Crippen LogP contribution is 2.36. The minimum absolute atomic E-state index is 0.0730. The molecule has 5 heteroatoms. The van der Waals surface area contributed by atoms with E-state index in [9.17, 15) is 17.6 Å². The predicted octanol–water partition coefficient (Wildman–Crippen LogP) is 5.46. The molecule has 1 fully saturated rings. The number of hydrogen-bond acceptors (Lipinski definition) is 1. The van der Waals surface area contributed by atoms with Crippen LogP contribution in [0.4, 0.5) is 17.6 Å². The Balaban J connectivity index is 1.83. The lowest BCUT2D eigenvalue weighted by Gasteiger charge is -2.29. The maximum atomic E-state index is 13.8. The second kappa shape index (κ2) is 7.27. The number of halogens is 4. The molecule has 1 saturated carbocycles. The van der Waals surface area contributed by atoms with Crippen LogP contribution in [0.25, 0.3) is 0 Å². The van der Waals surface area contributed by atoms with Crippen molar-refractivity contribution < 1.29 is 22.3 Å². The van der Waals surface area contributed by atoms with Crippen molar-refractivity contribution in [3.8, 4) is 0 Å². The van der Waals surface area contributed by atoms with Gasteiger partial charge in [-0.3, -0.25) is 0 Å². The molecular formula is C17H20F4O. The molecule has 0 heterocycles. The monoisotopic (exact) mass is 316 g/mol. The van der Waals surface area contributed by atoms with Crippen molar-refractivity contribution >= 4 is 0 Å². The summed E-state index contributed by atoms with van der Waals surface area (Å²) in [5, 5.41) is 0. The second-order valence-corrected chi connectivity index (χ2v) is 5.90. The van der Waals surface area contributed by atoms with Crippen LogP contribution in [0.15, 0.2) is 30.9 Å². The van der Waals surface area contributed by atoms with Crippen molar-refractivity contribution in [2.45, 2.75) is 44.8 Å². The van der Waals surface area contributed by atoms with Gasteiger partial charge in [-0.05, 0) is 55.2 Å². The van der Waals surface area contributed by atoms with Crippen LogP contribution in [0, 0.1) is 23.5 Å². The molecule has 1 aliphatic carbocycles. The van der Waals surface area contributed by atoms with Gasteiger partial charge in [-0.1, -0.05) is 12.1 Å². The SMILES string of the molecule is C=CC1CCC(CC(F)(F)OCc2ccc(F)c(F)c2)CC1. The lowest BCUT2D eigenvalue weighted by atomic mass is 9.80. The normalized spacial score (nSPS) is 22.5. The van der Waals surface area contributed by atoms with Crippen LogP contribution in [0.1, 0.15) is 37.7 Å². The molecule has 0 spiro atoms. The Morgan fingerprint density at radius 3 is 2.41 bits per heavy atom. The molecule has 2 rings (SSSR count). The van der Waals surface area contributed by atoms with Gasteiger partial charge in [0, 0.05) is 6.42 Å². The molecular weight excluding hydrogens is 296 g/mol. The zero-order valence-electron chi connectivity index (χ0n) is 12.3. The van der Waals surface area contributed by atoms with Crippen LogP contribution in [0.3, 0.4) is 0 Å². The highest BCUT2D eigenvalue weighted by molar-refractivity contribution is 5.16. The van der Waals surface area contributed by atoms with Gasteiger partial charge in [0.2, 0.25) is 0 Å². The summed E-state index contributed by atoms with van der Waals surface area (Å²) in [5.74, 6) is -1.72. The lowest BCUT2D eigenvalue weighted by molar-refractivity contribution is -0.256. The van der Waals surface area contributed by atoms with E-state index in [1.54, 1.807) is 0 Å². The van der Waals surface area contributed by atoms with Gasteiger partial charge in [0.05, 0.1) is 6.61 Å². The quantitative estimate of drug-likeness (QED) is 0.500. The summed E-state index contributed by atoms with van der Waals surface area (Å²) >= 11 is 0. The Bertz CT molecular complexity index is 507. The van der Waals surface area contributed by atoms with Crippen molar-refractivity contribution in [1.29, 1.82) is 0 Å². The van der Waals surface area contributed by atoms with Crippen molar-refractivity contribution in [2.75, 3.05) is 0 Å². The van der Waals surface area contributed by atoms with E-state index in [1.165, 1.54) is 6.07 Å². The van der Waals surface area contributed by atoms with Gasteiger partial charge in [-0.15, -0.1) is 6.58 Å². The first kappa shape index (κ1) is 17.0. The average molecular weight is 316 g/mol. The molecule has 1 aromatic carbocycles. The third-order valence-electron chi connectivity index (χ3n) is 4.19. The van der Waals surface area contributed by atoms with E-state index >= 15 is 0 Å². The molecule has 1 aliphatic rings. The Hall–Kier alpha value is -1.36. The molecule has 1 nitrogen and oxygen atoms in total. The summed E-state index contributed by atoms with van der Waals surface area (Å²) in [6.45, 7) is 3.29. The number of benzene rings is 1. The highest BCUT2D eigenvalue weighted by atomic mass is 19.3. The van der Waals surface area contributed by atoms with E-state index in [0.717, 1.165) is 37.8 Å². The van der Waals surface area contributed by atoms with Gasteiger partial charge < -0.3 is 4.74 Å². The van der Waals surface area contributed by atoms with Gasteiger partial charge in [-0.25, -0.2) is 8.78 Å². The first-order valence-electron chi connectivity index (χ1n) is 7.48. The van der Waals surface area contributed by atoms with Crippen LogP contribution in [0.2, 0.25) is 0 Å². The summed E-state index contributed by atoms with van der Waals surface area (Å²) in [7, 11) is 0. The molecule has 0 aromatic heterocycles. The number of alkyl halides is 2. The van der Waals surface area contributed by atoms with Gasteiger partial charge in [0.1, 0.15) is 0 Å². The van der Waals surface area contributed by atoms with Crippen molar-refractivity contribution in [2.24, 2.45) is 11.8 Å². The van der Waals surface area contributed by atoms with Gasteiger partial charge in [0.25, 0.3) is 0 Å². The minimum atomic E-state index is -3.25. The summed E-state index contributed by atoms with van der Waals surface area (Å²) in [5.41, 5.74) is 0.189. The smallest absolute Gasteiger partial charge is 0.316 e. The van der Waals surface area contributed by atoms with E-state index < -0.39 is 24.3 Å². The number of hydrogen-bond donors (Lipinski definition) is 0. The predicted molar refractivity (Wildman–Crippen MR) is 76.4 cm³/mol. The molecule has 0 saturated heterocycles. The average Bonchev–Trinajstić information content (AvgIpc) is 2.49. The number of ether oxygens (including phenoxy) is 1. The van der Waals surface area contributed by atoms with Crippen LogP contribution in [-0.2, 0) is 11.3 Å². The molecule has 0 unspecified atom stereocenters. The maximum Gasteiger partial charge on any atom is 0.356 e. The highest BCUT2D eigenvalue weighted by Gasteiger charge is 2.35. The standard InChI is InChI=1S/C17H20F4O/c1-2-12-3-5-13(6-4-12)10-17(20,21)22-11-14-7-8-15(18)16(19)9-14/h2,7-9,12-13H,1,3-6,10-11H2. The van der Waals surface area contributed by atoms with Gasteiger partial charge in [0.15, 0.2) is 11.6 Å². The summed E-state index contributed by atoms with van der Waals surface area (Å²) in [4.78, 5) is 0. The second-order valence-electron chi connectivity index (χ2n) is 5.90. The van der Waals surface area contributed by atoms with Crippen molar-refractivity contribution in [3.63, 3.8) is 0 Å². The summed E-state index contributed by atoms with van der Waals surface area (Å²) in [6, 6.07) is 3.02. The molecule has 0 amide bonds. The van der Waals surface area contributed by atoms with Crippen LogP contribution in [0.5, 0.6) is 0 Å². The Kier molecular flexibility index (Phi) is 5.62. The third kappa shape index (κ3) is 4.83. The fourth-order valence-electron chi connectivity index (χ4n) is 2.84. The first-order chi connectivity index (χ1) is 10.4. The molecule has 0 atom stereocenters. The first-order valence-corrected chi connectivity index (χ1v) is 7.48. The van der Waals surface area contributed by atoms with E-state index in [1.807, 2.05) is 6.08 Å². The third-order valence-corrected chi connectivity index (χ3v) is 4.19. The minimum Gasteiger partial charge on any atom is -0.316 e. The maximum absolute atomic E-state index is 13.8.